The van der Waals surface area contributed by atoms with Gasteiger partial charge in [0.25, 0.3) is 0 Å². The van der Waals surface area contributed by atoms with Gasteiger partial charge in [-0.25, -0.2) is 9.97 Å². The van der Waals surface area contributed by atoms with E-state index in [1.165, 1.54) is 5.56 Å². The van der Waals surface area contributed by atoms with E-state index >= 15 is 0 Å². The number of nitrogens with zero attached hydrogens (tertiary/aromatic N) is 2. The van der Waals surface area contributed by atoms with Crippen molar-refractivity contribution in [3.8, 4) is 0 Å². The van der Waals surface area contributed by atoms with Crippen molar-refractivity contribution in [2.75, 3.05) is 25.1 Å². The van der Waals surface area contributed by atoms with Crippen LogP contribution in [0.15, 0.2) is 30.3 Å². The molecule has 0 bridgehead atoms. The van der Waals surface area contributed by atoms with Gasteiger partial charge < -0.3 is 15.4 Å². The number of anilines is 1. The Hall–Kier alpha value is -1.76. The van der Waals surface area contributed by atoms with Crippen molar-refractivity contribution in [3.63, 3.8) is 0 Å². The quantitative estimate of drug-likeness (QED) is 0.775. The Morgan fingerprint density at radius 1 is 1.19 bits per heavy atom. The van der Waals surface area contributed by atoms with E-state index in [1.54, 1.807) is 0 Å². The van der Waals surface area contributed by atoms with Gasteiger partial charge in [0.05, 0.1) is 0 Å². The van der Waals surface area contributed by atoms with Gasteiger partial charge in [-0.1, -0.05) is 23.7 Å². The molecule has 2 aromatic rings. The second-order valence-electron chi connectivity index (χ2n) is 6.69. The molecule has 5 nitrogen and oxygen atoms in total. The molecule has 0 spiro atoms. The lowest BCUT2D eigenvalue weighted by molar-refractivity contribution is 0.0515. The molecule has 0 radical (unpaired) electrons. The van der Waals surface area contributed by atoms with Gasteiger partial charge >= 0.3 is 0 Å². The maximum atomic E-state index is 6.22. The topological polar surface area (TPSA) is 59.1 Å². The zero-order valence-electron chi connectivity index (χ0n) is 15.0. The predicted molar refractivity (Wildman–Crippen MR) is 109 cm³/mol. The van der Waals surface area contributed by atoms with Crippen molar-refractivity contribution in [1.29, 1.82) is 0 Å². The van der Waals surface area contributed by atoms with Gasteiger partial charge in [-0.05, 0) is 62.7 Å². The van der Waals surface area contributed by atoms with Crippen molar-refractivity contribution in [1.82, 2.24) is 15.3 Å². The summed E-state index contributed by atoms with van der Waals surface area (Å²) in [6, 6.07) is 9.99. The molecule has 0 unspecified atom stereocenters. The number of nitrogens with one attached hydrogen (secondary N) is 2. The zero-order valence-corrected chi connectivity index (χ0v) is 16.6. The molecule has 2 N–H and O–H groups in total. The van der Waals surface area contributed by atoms with Crippen LogP contribution in [0.25, 0.3) is 0 Å². The highest BCUT2D eigenvalue weighted by Gasteiger charge is 2.34. The Balaban J connectivity index is 1.70. The van der Waals surface area contributed by atoms with Gasteiger partial charge in [-0.3, -0.25) is 0 Å². The Morgan fingerprint density at radius 3 is 2.54 bits per heavy atom. The summed E-state index contributed by atoms with van der Waals surface area (Å²) in [5.41, 5.74) is 2.97. The van der Waals surface area contributed by atoms with Crippen LogP contribution in [0.2, 0.25) is 5.02 Å². The van der Waals surface area contributed by atoms with E-state index < -0.39 is 0 Å². The number of ether oxygens (including phenoxy) is 1. The molecule has 1 saturated heterocycles. The second kappa shape index (κ2) is 8.29. The van der Waals surface area contributed by atoms with Crippen LogP contribution in [0, 0.1) is 13.8 Å². The van der Waals surface area contributed by atoms with E-state index in [1.807, 2.05) is 38.1 Å². The summed E-state index contributed by atoms with van der Waals surface area (Å²) < 4.78 is 5.58. The fourth-order valence-corrected chi connectivity index (χ4v) is 3.68. The number of thiocarbonyl (C=S) groups is 1. The summed E-state index contributed by atoms with van der Waals surface area (Å²) in [6.07, 6.45) is 1.84. The minimum atomic E-state index is -0.0573. The first kappa shape index (κ1) is 19.0. The average molecular weight is 391 g/mol. The first-order valence-corrected chi connectivity index (χ1v) is 9.46. The van der Waals surface area contributed by atoms with Crippen molar-refractivity contribution in [3.05, 3.63) is 52.3 Å². The highest BCUT2D eigenvalue weighted by Crippen LogP contribution is 2.35. The number of hydrogen-bond donors (Lipinski definition) is 2. The van der Waals surface area contributed by atoms with Gasteiger partial charge in [0.15, 0.2) is 5.11 Å². The lowest BCUT2D eigenvalue weighted by Gasteiger charge is -2.38. The van der Waals surface area contributed by atoms with Crippen LogP contribution in [0.5, 0.6) is 0 Å². The van der Waals surface area contributed by atoms with Crippen LogP contribution in [0.4, 0.5) is 5.95 Å². The van der Waals surface area contributed by atoms with Gasteiger partial charge in [0.1, 0.15) is 0 Å². The maximum Gasteiger partial charge on any atom is 0.229 e. The molecule has 1 aliphatic rings. The summed E-state index contributed by atoms with van der Waals surface area (Å²) >= 11 is 11.7. The summed E-state index contributed by atoms with van der Waals surface area (Å²) in [4.78, 5) is 8.74. The summed E-state index contributed by atoms with van der Waals surface area (Å²) in [6.45, 7) is 6.04. The van der Waals surface area contributed by atoms with Crippen LogP contribution in [0.1, 0.15) is 29.8 Å². The molecule has 26 heavy (non-hydrogen) atoms. The third kappa shape index (κ3) is 4.69. The minimum Gasteiger partial charge on any atom is -0.381 e. The van der Waals surface area contributed by atoms with E-state index in [4.69, 9.17) is 28.6 Å². The lowest BCUT2D eigenvalue weighted by atomic mass is 9.74. The molecule has 0 atom stereocenters. The first-order valence-electron chi connectivity index (χ1n) is 8.68. The third-order valence-corrected chi connectivity index (χ3v) is 5.16. The summed E-state index contributed by atoms with van der Waals surface area (Å²) in [5.74, 6) is 0.517. The van der Waals surface area contributed by atoms with E-state index in [-0.39, 0.29) is 5.41 Å². The molecule has 0 aliphatic carbocycles. The zero-order chi connectivity index (χ0) is 18.6. The van der Waals surface area contributed by atoms with Gasteiger partial charge in [-0.15, -0.1) is 0 Å². The molecular weight excluding hydrogens is 368 g/mol. The van der Waals surface area contributed by atoms with Crippen LogP contribution in [0.3, 0.4) is 0 Å². The molecule has 3 rings (SSSR count). The molecule has 7 heteroatoms. The summed E-state index contributed by atoms with van der Waals surface area (Å²) in [7, 11) is 0. The van der Waals surface area contributed by atoms with E-state index in [9.17, 15) is 0 Å². The van der Waals surface area contributed by atoms with E-state index in [2.05, 4.69) is 26.7 Å². The first-order chi connectivity index (χ1) is 12.5. The third-order valence-electron chi connectivity index (χ3n) is 4.68. The SMILES string of the molecule is Cc1cc(C)nc(NC(=S)NCC2(c3cccc(Cl)c3)CCOCC2)n1. The van der Waals surface area contributed by atoms with Gasteiger partial charge in [0, 0.05) is 41.6 Å². The standard InChI is InChI=1S/C19H23ClN4OS/c1-13-10-14(2)23-17(22-13)24-18(26)21-12-19(6-8-25-9-7-19)15-4-3-5-16(20)11-15/h3-5,10-11H,6-9,12H2,1-2H3,(H2,21,22,23,24,26). The number of benzene rings is 1. The fourth-order valence-electron chi connectivity index (χ4n) is 3.33. The lowest BCUT2D eigenvalue weighted by Crippen LogP contribution is -2.45. The van der Waals surface area contributed by atoms with Crippen LogP contribution < -0.4 is 10.6 Å². The summed E-state index contributed by atoms with van der Waals surface area (Å²) in [5, 5.41) is 7.69. The van der Waals surface area contributed by atoms with Gasteiger partial charge in [-0.2, -0.15) is 0 Å². The number of aryl methyl sites for hydroxylation is 2. The molecule has 0 amide bonds. The van der Waals surface area contributed by atoms with E-state index in [0.717, 1.165) is 42.5 Å². The average Bonchev–Trinajstić information content (AvgIpc) is 2.60. The fraction of sp³-hybridized carbons (Fsp3) is 0.421. The second-order valence-corrected chi connectivity index (χ2v) is 7.53. The largest absolute Gasteiger partial charge is 0.381 e. The van der Waals surface area contributed by atoms with Crippen LogP contribution in [-0.2, 0) is 10.2 Å². The van der Waals surface area contributed by atoms with Crippen LogP contribution in [-0.4, -0.2) is 34.8 Å². The monoisotopic (exact) mass is 390 g/mol. The molecule has 1 aromatic carbocycles. The maximum absolute atomic E-state index is 6.22. The smallest absolute Gasteiger partial charge is 0.229 e. The molecule has 1 aromatic heterocycles. The van der Waals surface area contributed by atoms with Crippen LogP contribution >= 0.6 is 23.8 Å². The molecule has 1 fully saturated rings. The highest BCUT2D eigenvalue weighted by molar-refractivity contribution is 7.80. The number of aromatic nitrogens is 2. The Bertz CT molecular complexity index is 773. The Morgan fingerprint density at radius 2 is 1.88 bits per heavy atom. The number of rotatable bonds is 4. The Kier molecular flexibility index (Phi) is 6.06. The van der Waals surface area contributed by atoms with Crippen molar-refractivity contribution < 1.29 is 4.74 Å². The molecule has 1 aliphatic heterocycles. The normalized spacial score (nSPS) is 16.1. The molecule has 2 heterocycles. The molecule has 0 saturated carbocycles. The van der Waals surface area contributed by atoms with Crippen molar-refractivity contribution in [2.45, 2.75) is 32.1 Å². The van der Waals surface area contributed by atoms with E-state index in [0.29, 0.717) is 17.6 Å². The Labute approximate surface area is 164 Å². The van der Waals surface area contributed by atoms with Crippen molar-refractivity contribution >= 4 is 34.9 Å². The minimum absolute atomic E-state index is 0.0573. The number of halogens is 1. The van der Waals surface area contributed by atoms with Gasteiger partial charge in [0.2, 0.25) is 5.95 Å². The predicted octanol–water partition coefficient (Wildman–Crippen LogP) is 3.78. The van der Waals surface area contributed by atoms with Crippen molar-refractivity contribution in [2.24, 2.45) is 0 Å². The molecule has 138 valence electrons. The highest BCUT2D eigenvalue weighted by atomic mass is 35.5. The number of hydrogen-bond acceptors (Lipinski definition) is 4. The molecular formula is C19H23ClN4OS.